The molecule has 1 unspecified atom stereocenters. The SMILES string of the molecule is C=C1C(O)[C@@H]2C=CC[C@H](C)C(=O)[C@](C)(O)C=C[C@@H](OC(C)=O)[C@]23C(=O)N[C@@H](Cc2ccccc2)[C@@H]3[C@@H]1C. The molecule has 9 atom stereocenters. The van der Waals surface area contributed by atoms with Gasteiger partial charge in [-0.15, -0.1) is 0 Å². The van der Waals surface area contributed by atoms with Crippen LogP contribution in [0.4, 0.5) is 0 Å². The van der Waals surface area contributed by atoms with Crippen molar-refractivity contribution in [1.29, 1.82) is 0 Å². The van der Waals surface area contributed by atoms with Crippen LogP contribution in [-0.4, -0.2) is 51.7 Å². The molecule has 0 radical (unpaired) electrons. The molecule has 1 saturated heterocycles. The molecule has 1 heterocycles. The maximum absolute atomic E-state index is 14.2. The molecule has 0 bridgehead atoms. The maximum Gasteiger partial charge on any atom is 0.303 e. The molecule has 198 valence electrons. The lowest BCUT2D eigenvalue weighted by molar-refractivity contribution is -0.166. The average Bonchev–Trinajstić information content (AvgIpc) is 3.13. The van der Waals surface area contributed by atoms with Gasteiger partial charge in [0, 0.05) is 30.7 Å². The topological polar surface area (TPSA) is 113 Å². The first-order valence-electron chi connectivity index (χ1n) is 12.9. The van der Waals surface area contributed by atoms with Crippen molar-refractivity contribution < 1.29 is 29.3 Å². The number of Topliss-reactive ketones (excluding diaryl/α,β-unsaturated/α-hetero) is 1. The fourth-order valence-corrected chi connectivity index (χ4v) is 6.68. The second kappa shape index (κ2) is 10.0. The molecule has 1 aromatic carbocycles. The number of nitrogens with one attached hydrogen (secondary N) is 1. The van der Waals surface area contributed by atoms with E-state index in [1.807, 2.05) is 37.3 Å². The molecule has 1 saturated carbocycles. The van der Waals surface area contributed by atoms with E-state index in [4.69, 9.17) is 4.74 Å². The van der Waals surface area contributed by atoms with Crippen molar-refractivity contribution >= 4 is 17.7 Å². The molecule has 1 amide bonds. The van der Waals surface area contributed by atoms with Gasteiger partial charge in [-0.05, 0) is 49.0 Å². The number of hydrogen-bond acceptors (Lipinski definition) is 6. The zero-order valence-corrected chi connectivity index (χ0v) is 21.9. The smallest absolute Gasteiger partial charge is 0.303 e. The van der Waals surface area contributed by atoms with Crippen LogP contribution in [0.2, 0.25) is 0 Å². The Morgan fingerprint density at radius 2 is 1.86 bits per heavy atom. The van der Waals surface area contributed by atoms with Gasteiger partial charge in [-0.1, -0.05) is 62.9 Å². The Balaban J connectivity index is 1.94. The molecular formula is C30H37NO6. The van der Waals surface area contributed by atoms with Gasteiger partial charge in [-0.3, -0.25) is 14.4 Å². The van der Waals surface area contributed by atoms with Crippen molar-refractivity contribution in [3.8, 4) is 0 Å². The van der Waals surface area contributed by atoms with Crippen LogP contribution in [0.15, 0.2) is 66.8 Å². The third-order valence-corrected chi connectivity index (χ3v) is 8.53. The summed E-state index contributed by atoms with van der Waals surface area (Å²) in [7, 11) is 0. The lowest BCUT2D eigenvalue weighted by Gasteiger charge is -2.52. The number of ketones is 1. The fourth-order valence-electron chi connectivity index (χ4n) is 6.68. The van der Waals surface area contributed by atoms with Crippen molar-refractivity contribution in [2.45, 2.75) is 64.4 Å². The van der Waals surface area contributed by atoms with Crippen molar-refractivity contribution in [3.05, 3.63) is 72.4 Å². The third kappa shape index (κ3) is 4.59. The molecule has 1 aliphatic heterocycles. The minimum absolute atomic E-state index is 0.287. The van der Waals surface area contributed by atoms with E-state index < -0.39 is 46.9 Å². The summed E-state index contributed by atoms with van der Waals surface area (Å²) in [6.07, 6.45) is 5.01. The predicted octanol–water partition coefficient (Wildman–Crippen LogP) is 2.92. The van der Waals surface area contributed by atoms with Crippen LogP contribution in [0.5, 0.6) is 0 Å². The van der Waals surface area contributed by atoms with Crippen LogP contribution < -0.4 is 5.32 Å². The zero-order chi connectivity index (χ0) is 27.1. The van der Waals surface area contributed by atoms with Crippen molar-refractivity contribution in [2.24, 2.45) is 29.1 Å². The number of aliphatic hydroxyl groups is 2. The van der Waals surface area contributed by atoms with Crippen LogP contribution in [0.1, 0.15) is 39.7 Å². The zero-order valence-electron chi connectivity index (χ0n) is 21.9. The van der Waals surface area contributed by atoms with E-state index in [1.54, 1.807) is 19.1 Å². The second-order valence-electron chi connectivity index (χ2n) is 11.0. The number of esters is 1. The third-order valence-electron chi connectivity index (χ3n) is 8.53. The van der Waals surface area contributed by atoms with E-state index in [0.29, 0.717) is 18.4 Å². The Morgan fingerprint density at radius 3 is 2.51 bits per heavy atom. The molecule has 2 fully saturated rings. The van der Waals surface area contributed by atoms with E-state index in [2.05, 4.69) is 11.9 Å². The summed E-state index contributed by atoms with van der Waals surface area (Å²) in [5.74, 6) is -3.26. The standard InChI is InChI=1S/C30H37NO6/c1-17-10-9-13-22-26(33)19(3)18(2)25-23(16-21-11-7-6-8-12-21)31-28(35)30(22,25)24(37-20(4)32)14-15-29(5,36)27(17)34/h6-9,11-15,17-18,22-26,33,36H,3,10,16H2,1-2,4-5H3,(H,31,35)/t17-,18+,22-,23-,24+,25-,26?,29+,30+/m0/s1. The molecule has 4 rings (SSSR count). The van der Waals surface area contributed by atoms with Gasteiger partial charge >= 0.3 is 5.97 Å². The molecule has 7 heteroatoms. The van der Waals surface area contributed by atoms with Crippen LogP contribution in [0.25, 0.3) is 0 Å². The number of allylic oxidation sites excluding steroid dienone is 1. The normalized spacial score (nSPS) is 39.8. The lowest BCUT2D eigenvalue weighted by atomic mass is 9.51. The second-order valence-corrected chi connectivity index (χ2v) is 11.0. The Labute approximate surface area is 218 Å². The number of carbonyl (C=O) groups excluding carboxylic acids is 3. The van der Waals surface area contributed by atoms with Crippen LogP contribution in [0, 0.1) is 29.1 Å². The minimum atomic E-state index is -1.82. The maximum atomic E-state index is 14.2. The van der Waals surface area contributed by atoms with Gasteiger partial charge in [0.15, 0.2) is 5.78 Å². The van der Waals surface area contributed by atoms with Crippen LogP contribution in [0.3, 0.4) is 0 Å². The van der Waals surface area contributed by atoms with Gasteiger partial charge in [-0.25, -0.2) is 0 Å². The van der Waals surface area contributed by atoms with Crippen LogP contribution >= 0.6 is 0 Å². The first kappa shape index (κ1) is 27.0. The Morgan fingerprint density at radius 1 is 1.19 bits per heavy atom. The van der Waals surface area contributed by atoms with Gasteiger partial charge in [0.1, 0.15) is 17.1 Å². The lowest BCUT2D eigenvalue weighted by Crippen LogP contribution is -2.60. The van der Waals surface area contributed by atoms with E-state index in [-0.39, 0.29) is 23.7 Å². The Kier molecular flexibility index (Phi) is 7.32. The molecule has 3 N–H and O–H groups in total. The van der Waals surface area contributed by atoms with Gasteiger partial charge < -0.3 is 20.3 Å². The number of carbonyl (C=O) groups is 3. The van der Waals surface area contributed by atoms with Crippen molar-refractivity contribution in [1.82, 2.24) is 5.32 Å². The number of ether oxygens (including phenoxy) is 1. The summed E-state index contributed by atoms with van der Waals surface area (Å²) in [6.45, 7) is 10.5. The van der Waals surface area contributed by atoms with Crippen molar-refractivity contribution in [3.63, 3.8) is 0 Å². The molecule has 2 aliphatic carbocycles. The number of benzene rings is 1. The number of aliphatic hydroxyl groups excluding tert-OH is 1. The van der Waals surface area contributed by atoms with E-state index in [0.717, 1.165) is 5.56 Å². The van der Waals surface area contributed by atoms with E-state index >= 15 is 0 Å². The number of hydrogen-bond donors (Lipinski definition) is 3. The van der Waals surface area contributed by atoms with E-state index in [1.165, 1.54) is 26.0 Å². The molecule has 0 aromatic heterocycles. The highest BCUT2D eigenvalue weighted by Crippen LogP contribution is 2.58. The minimum Gasteiger partial charge on any atom is -0.457 e. The monoisotopic (exact) mass is 507 g/mol. The highest BCUT2D eigenvalue weighted by molar-refractivity contribution is 5.91. The average molecular weight is 508 g/mol. The molecular weight excluding hydrogens is 470 g/mol. The predicted molar refractivity (Wildman–Crippen MR) is 139 cm³/mol. The molecule has 37 heavy (non-hydrogen) atoms. The van der Waals surface area contributed by atoms with E-state index in [9.17, 15) is 24.6 Å². The highest BCUT2D eigenvalue weighted by atomic mass is 16.5. The summed E-state index contributed by atoms with van der Waals surface area (Å²) < 4.78 is 5.81. The summed E-state index contributed by atoms with van der Waals surface area (Å²) in [5.41, 5.74) is -1.55. The van der Waals surface area contributed by atoms with Gasteiger partial charge in [0.2, 0.25) is 5.91 Å². The quantitative estimate of drug-likeness (QED) is 0.428. The first-order chi connectivity index (χ1) is 17.4. The summed E-state index contributed by atoms with van der Waals surface area (Å²) in [6, 6.07) is 9.49. The largest absolute Gasteiger partial charge is 0.457 e. The molecule has 7 nitrogen and oxygen atoms in total. The van der Waals surface area contributed by atoms with Gasteiger partial charge in [-0.2, -0.15) is 0 Å². The molecule has 1 spiro atoms. The first-order valence-corrected chi connectivity index (χ1v) is 12.9. The summed E-state index contributed by atoms with van der Waals surface area (Å²) in [4.78, 5) is 39.5. The van der Waals surface area contributed by atoms with Crippen LogP contribution in [-0.2, 0) is 25.5 Å². The number of rotatable bonds is 3. The molecule has 3 aliphatic rings. The summed E-state index contributed by atoms with van der Waals surface area (Å²) >= 11 is 0. The highest BCUT2D eigenvalue weighted by Gasteiger charge is 2.68. The Hall–Kier alpha value is -3.03. The Bertz CT molecular complexity index is 1140. The number of amides is 1. The van der Waals surface area contributed by atoms with Gasteiger partial charge in [0.25, 0.3) is 0 Å². The fraction of sp³-hybridized carbons (Fsp3) is 0.500. The molecule has 1 aromatic rings. The van der Waals surface area contributed by atoms with Gasteiger partial charge in [0.05, 0.1) is 6.10 Å². The summed E-state index contributed by atoms with van der Waals surface area (Å²) in [5, 5.41) is 25.7. The van der Waals surface area contributed by atoms with Crippen molar-refractivity contribution in [2.75, 3.05) is 0 Å².